The molecular weight excluding hydrogens is 351 g/mol. The van der Waals surface area contributed by atoms with E-state index in [0.717, 1.165) is 12.8 Å². The van der Waals surface area contributed by atoms with E-state index in [-0.39, 0.29) is 25.4 Å². The fraction of sp³-hybridized carbons (Fsp3) is 0.889. The van der Waals surface area contributed by atoms with E-state index in [1.807, 2.05) is 0 Å². The highest BCUT2D eigenvalue weighted by molar-refractivity contribution is 6.44. The summed E-state index contributed by atoms with van der Waals surface area (Å²) in [5, 5.41) is 0. The van der Waals surface area contributed by atoms with Gasteiger partial charge in [-0.05, 0) is 6.42 Å². The molecule has 0 amide bonds. The van der Waals surface area contributed by atoms with E-state index >= 15 is 0 Å². The van der Waals surface area contributed by atoms with Crippen LogP contribution in [0.5, 0.6) is 0 Å². The average molecular weight is 383 g/mol. The summed E-state index contributed by atoms with van der Waals surface area (Å²) in [7, 11) is 0. The molecule has 0 aliphatic rings. The predicted octanol–water partition coefficient (Wildman–Crippen LogP) is 5.58. The lowest BCUT2D eigenvalue weighted by Crippen LogP contribution is -2.13. The van der Waals surface area contributed by atoms with Crippen LogP contribution in [0.4, 0.5) is 0 Å². The molecule has 0 rings (SSSR count). The zero-order chi connectivity index (χ0) is 18.0. The summed E-state index contributed by atoms with van der Waals surface area (Å²) in [6, 6.07) is 0. The number of ether oxygens (including phenoxy) is 2. The van der Waals surface area contributed by atoms with Crippen LogP contribution in [0.25, 0.3) is 0 Å². The van der Waals surface area contributed by atoms with E-state index in [4.69, 9.17) is 32.7 Å². The molecule has 0 spiro atoms. The lowest BCUT2D eigenvalue weighted by atomic mass is 10.1. The molecule has 6 heteroatoms. The monoisotopic (exact) mass is 382 g/mol. The van der Waals surface area contributed by atoms with Crippen molar-refractivity contribution in [2.24, 2.45) is 0 Å². The van der Waals surface area contributed by atoms with E-state index in [1.165, 1.54) is 51.4 Å². The highest BCUT2D eigenvalue weighted by Crippen LogP contribution is 2.10. The van der Waals surface area contributed by atoms with E-state index in [9.17, 15) is 9.59 Å². The Balaban J connectivity index is 3.30. The van der Waals surface area contributed by atoms with Gasteiger partial charge >= 0.3 is 11.9 Å². The summed E-state index contributed by atoms with van der Waals surface area (Å²) < 4.78 is 9.85. The summed E-state index contributed by atoms with van der Waals surface area (Å²) in [5.74, 6) is -0.853. The average Bonchev–Trinajstić information content (AvgIpc) is 2.56. The van der Waals surface area contributed by atoms with Gasteiger partial charge < -0.3 is 9.47 Å². The predicted molar refractivity (Wildman–Crippen MR) is 98.5 cm³/mol. The second kappa shape index (κ2) is 17.3. The second-order valence-corrected chi connectivity index (χ2v) is 7.25. The van der Waals surface area contributed by atoms with Gasteiger partial charge in [0.25, 0.3) is 0 Å². The van der Waals surface area contributed by atoms with E-state index in [2.05, 4.69) is 6.92 Å². The molecule has 0 atom stereocenters. The van der Waals surface area contributed by atoms with Crippen molar-refractivity contribution in [1.29, 1.82) is 0 Å². The topological polar surface area (TPSA) is 52.6 Å². The fourth-order valence-corrected chi connectivity index (χ4v) is 2.41. The minimum atomic E-state index is -0.739. The van der Waals surface area contributed by atoms with Gasteiger partial charge in [0.05, 0.1) is 19.4 Å². The number of hydrogen-bond donors (Lipinski definition) is 0. The summed E-state index contributed by atoms with van der Waals surface area (Å²) >= 11 is 10.9. The van der Waals surface area contributed by atoms with Crippen LogP contribution in [-0.4, -0.2) is 30.0 Å². The largest absolute Gasteiger partial charge is 0.466 e. The van der Waals surface area contributed by atoms with Crippen molar-refractivity contribution in [3.05, 3.63) is 0 Å². The molecule has 0 fully saturated rings. The third-order valence-corrected chi connectivity index (χ3v) is 3.92. The number of halogens is 2. The molecule has 0 unspecified atom stereocenters. The zero-order valence-electron chi connectivity index (χ0n) is 14.9. The first kappa shape index (κ1) is 23.5. The molecule has 142 valence electrons. The number of unbranched alkanes of at least 4 members (excludes halogenated alkanes) is 9. The highest BCUT2D eigenvalue weighted by Gasteiger charge is 2.10. The molecule has 0 aromatic heterocycles. The van der Waals surface area contributed by atoms with Crippen molar-refractivity contribution >= 4 is 35.1 Å². The van der Waals surface area contributed by atoms with Crippen LogP contribution in [0.3, 0.4) is 0 Å². The Morgan fingerprint density at radius 3 is 1.71 bits per heavy atom. The molecular formula is C18H32Cl2O4. The third kappa shape index (κ3) is 17.9. The lowest BCUT2D eigenvalue weighted by Gasteiger charge is -2.06. The van der Waals surface area contributed by atoms with E-state index in [1.54, 1.807) is 0 Å². The second-order valence-electron chi connectivity index (χ2n) is 5.98. The van der Waals surface area contributed by atoms with E-state index in [0.29, 0.717) is 6.61 Å². The van der Waals surface area contributed by atoms with Gasteiger partial charge in [0.2, 0.25) is 0 Å². The Morgan fingerprint density at radius 1 is 0.750 bits per heavy atom. The zero-order valence-corrected chi connectivity index (χ0v) is 16.4. The summed E-state index contributed by atoms with van der Waals surface area (Å²) in [6.45, 7) is 2.60. The fourth-order valence-electron chi connectivity index (χ4n) is 2.28. The van der Waals surface area contributed by atoms with Gasteiger partial charge in [-0.15, -0.1) is 23.2 Å². The first-order valence-electron chi connectivity index (χ1n) is 9.15. The van der Waals surface area contributed by atoms with Gasteiger partial charge in [0.15, 0.2) is 0 Å². The van der Waals surface area contributed by atoms with Gasteiger partial charge in [0, 0.05) is 0 Å². The molecule has 0 bridgehead atoms. The van der Waals surface area contributed by atoms with Gasteiger partial charge in [-0.3, -0.25) is 9.59 Å². The van der Waals surface area contributed by atoms with Gasteiger partial charge in [-0.2, -0.15) is 0 Å². The van der Waals surface area contributed by atoms with Crippen LogP contribution in [0.1, 0.15) is 84.0 Å². The van der Waals surface area contributed by atoms with Crippen molar-refractivity contribution in [2.75, 3.05) is 13.2 Å². The maximum Gasteiger partial charge on any atom is 0.306 e. The number of esters is 2. The molecule has 0 saturated heterocycles. The Hall–Kier alpha value is -0.480. The minimum Gasteiger partial charge on any atom is -0.466 e. The highest BCUT2D eigenvalue weighted by atomic mass is 35.5. The Bertz CT molecular complexity index is 322. The Labute approximate surface area is 156 Å². The smallest absolute Gasteiger partial charge is 0.306 e. The van der Waals surface area contributed by atoms with Crippen molar-refractivity contribution in [3.63, 3.8) is 0 Å². The lowest BCUT2D eigenvalue weighted by molar-refractivity contribution is -0.150. The number of carbonyl (C=O) groups is 2. The van der Waals surface area contributed by atoms with Crippen molar-refractivity contribution < 1.29 is 19.1 Å². The third-order valence-electron chi connectivity index (χ3n) is 3.66. The Kier molecular flexibility index (Phi) is 17.0. The summed E-state index contributed by atoms with van der Waals surface area (Å²) in [5.41, 5.74) is 0. The molecule has 0 radical (unpaired) electrons. The minimum absolute atomic E-state index is 0.00262. The van der Waals surface area contributed by atoms with Gasteiger partial charge in [-0.1, -0.05) is 64.7 Å². The number of carbonyl (C=O) groups excluding carboxylic acids is 2. The molecule has 0 saturated carbocycles. The van der Waals surface area contributed by atoms with Crippen LogP contribution < -0.4 is 0 Å². The molecule has 0 aliphatic heterocycles. The number of rotatable bonds is 16. The first-order valence-corrected chi connectivity index (χ1v) is 10.0. The standard InChI is InChI=1S/C18H32Cl2O4/c1-2-3-4-5-6-7-8-9-10-11-14-23-17(21)12-13-18(22)24-15-16(19)20/h16H,2-15H2,1H3. The van der Waals surface area contributed by atoms with Crippen molar-refractivity contribution in [2.45, 2.75) is 88.8 Å². The number of hydrogen-bond acceptors (Lipinski definition) is 4. The number of alkyl halides is 2. The summed E-state index contributed by atoms with van der Waals surface area (Å²) in [4.78, 5) is 22.0. The first-order chi connectivity index (χ1) is 11.6. The summed E-state index contributed by atoms with van der Waals surface area (Å²) in [6.07, 6.45) is 12.4. The van der Waals surface area contributed by atoms with Crippen molar-refractivity contribution in [3.8, 4) is 0 Å². The van der Waals surface area contributed by atoms with Gasteiger partial charge in [0.1, 0.15) is 11.4 Å². The Morgan fingerprint density at radius 2 is 1.21 bits per heavy atom. The maximum atomic E-state index is 11.5. The van der Waals surface area contributed by atoms with Crippen LogP contribution in [-0.2, 0) is 19.1 Å². The molecule has 0 heterocycles. The normalized spacial score (nSPS) is 10.8. The molecule has 24 heavy (non-hydrogen) atoms. The van der Waals surface area contributed by atoms with Crippen LogP contribution in [0.2, 0.25) is 0 Å². The molecule has 4 nitrogen and oxygen atoms in total. The SMILES string of the molecule is CCCCCCCCCCCCOC(=O)CCC(=O)OCC(Cl)Cl. The molecule has 0 aliphatic carbocycles. The maximum absolute atomic E-state index is 11.5. The van der Waals surface area contributed by atoms with Crippen molar-refractivity contribution in [1.82, 2.24) is 0 Å². The van der Waals surface area contributed by atoms with Crippen LogP contribution >= 0.6 is 23.2 Å². The molecule has 0 aromatic carbocycles. The van der Waals surface area contributed by atoms with E-state index < -0.39 is 10.8 Å². The van der Waals surface area contributed by atoms with Crippen LogP contribution in [0.15, 0.2) is 0 Å². The molecule has 0 N–H and O–H groups in total. The van der Waals surface area contributed by atoms with Gasteiger partial charge in [-0.25, -0.2) is 0 Å². The van der Waals surface area contributed by atoms with Crippen LogP contribution in [0, 0.1) is 0 Å². The molecule has 0 aromatic rings. The quantitative estimate of drug-likeness (QED) is 0.198.